The number of piperidine rings is 1. The molecule has 170 valence electrons. The van der Waals surface area contributed by atoms with Crippen LogP contribution in [0.4, 0.5) is 0 Å². The molecule has 0 N–H and O–H groups in total. The Kier molecular flexibility index (Phi) is 7.81. The maximum absolute atomic E-state index is 12.8. The van der Waals surface area contributed by atoms with Crippen molar-refractivity contribution >= 4 is 11.8 Å². The Bertz CT molecular complexity index is 719. The number of likely N-dealkylation sites (tertiary alicyclic amines) is 1. The van der Waals surface area contributed by atoms with Crippen molar-refractivity contribution in [2.45, 2.75) is 44.6 Å². The first-order chi connectivity index (χ1) is 15.2. The normalized spacial score (nSPS) is 22.5. The van der Waals surface area contributed by atoms with E-state index in [4.69, 9.17) is 9.47 Å². The molecule has 1 unspecified atom stereocenters. The van der Waals surface area contributed by atoms with Gasteiger partial charge in [-0.2, -0.15) is 0 Å². The standard InChI is InChI=1S/C24H35N3O4/c28-23(26-14-16-27(17-15-26)24(29)22-6-4-18-31-22)20-7-9-21(10-8-20)30-19-5-13-25-11-2-1-3-12-25/h7-10,22H,1-6,11-19H2. The highest BCUT2D eigenvalue weighted by Crippen LogP contribution is 2.18. The summed E-state index contributed by atoms with van der Waals surface area (Å²) in [6, 6.07) is 7.44. The summed E-state index contributed by atoms with van der Waals surface area (Å²) in [5.74, 6) is 0.898. The maximum atomic E-state index is 12.8. The number of piperazine rings is 1. The first-order valence-corrected chi connectivity index (χ1v) is 11.9. The van der Waals surface area contributed by atoms with E-state index in [1.165, 1.54) is 32.4 Å². The summed E-state index contributed by atoms with van der Waals surface area (Å²) in [6.45, 7) is 7.17. The van der Waals surface area contributed by atoms with Crippen LogP contribution < -0.4 is 4.74 Å². The summed E-state index contributed by atoms with van der Waals surface area (Å²) < 4.78 is 11.4. The van der Waals surface area contributed by atoms with E-state index in [0.29, 0.717) is 45.0 Å². The highest BCUT2D eigenvalue weighted by molar-refractivity contribution is 5.94. The van der Waals surface area contributed by atoms with Crippen LogP contribution in [0.25, 0.3) is 0 Å². The lowest BCUT2D eigenvalue weighted by Crippen LogP contribution is -2.52. The van der Waals surface area contributed by atoms with Gasteiger partial charge in [0.15, 0.2) is 0 Å². The lowest BCUT2D eigenvalue weighted by Gasteiger charge is -2.35. The summed E-state index contributed by atoms with van der Waals surface area (Å²) in [5.41, 5.74) is 0.666. The Morgan fingerprint density at radius 1 is 0.903 bits per heavy atom. The molecular weight excluding hydrogens is 394 g/mol. The second-order valence-electron chi connectivity index (χ2n) is 8.75. The Morgan fingerprint density at radius 2 is 1.61 bits per heavy atom. The van der Waals surface area contributed by atoms with Crippen LogP contribution in [0.2, 0.25) is 0 Å². The van der Waals surface area contributed by atoms with Crippen LogP contribution in [0.15, 0.2) is 24.3 Å². The number of benzene rings is 1. The van der Waals surface area contributed by atoms with Crippen LogP contribution in [-0.4, -0.2) is 91.6 Å². The Balaban J connectivity index is 1.18. The van der Waals surface area contributed by atoms with Crippen molar-refractivity contribution in [2.75, 3.05) is 59.0 Å². The fraction of sp³-hybridized carbons (Fsp3) is 0.667. The Labute approximate surface area is 185 Å². The first kappa shape index (κ1) is 22.1. The highest BCUT2D eigenvalue weighted by atomic mass is 16.5. The van der Waals surface area contributed by atoms with Gasteiger partial charge in [-0.05, 0) is 69.5 Å². The van der Waals surface area contributed by atoms with Gasteiger partial charge in [0.25, 0.3) is 11.8 Å². The monoisotopic (exact) mass is 429 g/mol. The van der Waals surface area contributed by atoms with E-state index in [1.807, 2.05) is 34.1 Å². The van der Waals surface area contributed by atoms with E-state index in [2.05, 4.69) is 4.90 Å². The zero-order valence-electron chi connectivity index (χ0n) is 18.5. The minimum absolute atomic E-state index is 0.0147. The number of rotatable bonds is 7. The van der Waals surface area contributed by atoms with Gasteiger partial charge in [0.2, 0.25) is 0 Å². The van der Waals surface area contributed by atoms with Gasteiger partial charge in [0.05, 0.1) is 6.61 Å². The third-order valence-corrected chi connectivity index (χ3v) is 6.52. The van der Waals surface area contributed by atoms with Crippen molar-refractivity contribution in [3.05, 3.63) is 29.8 Å². The first-order valence-electron chi connectivity index (χ1n) is 11.9. The predicted molar refractivity (Wildman–Crippen MR) is 118 cm³/mol. The zero-order chi connectivity index (χ0) is 21.5. The molecule has 0 aromatic heterocycles. The minimum atomic E-state index is -0.283. The van der Waals surface area contributed by atoms with Gasteiger partial charge in [-0.15, -0.1) is 0 Å². The zero-order valence-corrected chi connectivity index (χ0v) is 18.5. The van der Waals surface area contributed by atoms with Gasteiger partial charge in [0, 0.05) is 44.9 Å². The summed E-state index contributed by atoms with van der Waals surface area (Å²) >= 11 is 0. The van der Waals surface area contributed by atoms with Crippen LogP contribution in [0.3, 0.4) is 0 Å². The molecule has 2 amide bonds. The van der Waals surface area contributed by atoms with Gasteiger partial charge in [-0.25, -0.2) is 0 Å². The van der Waals surface area contributed by atoms with E-state index < -0.39 is 0 Å². The minimum Gasteiger partial charge on any atom is -0.494 e. The summed E-state index contributed by atoms with van der Waals surface area (Å²) in [4.78, 5) is 31.5. The molecular formula is C24H35N3O4. The fourth-order valence-corrected chi connectivity index (χ4v) is 4.64. The van der Waals surface area contributed by atoms with Gasteiger partial charge in [-0.1, -0.05) is 6.42 Å². The molecule has 0 radical (unpaired) electrons. The van der Waals surface area contributed by atoms with E-state index >= 15 is 0 Å². The third kappa shape index (κ3) is 5.98. The Morgan fingerprint density at radius 3 is 2.29 bits per heavy atom. The van der Waals surface area contributed by atoms with Crippen LogP contribution in [0.5, 0.6) is 5.75 Å². The molecule has 0 saturated carbocycles. The highest BCUT2D eigenvalue weighted by Gasteiger charge is 2.31. The van der Waals surface area contributed by atoms with E-state index in [-0.39, 0.29) is 17.9 Å². The molecule has 1 atom stereocenters. The smallest absolute Gasteiger partial charge is 0.253 e. The number of hydrogen-bond donors (Lipinski definition) is 0. The van der Waals surface area contributed by atoms with E-state index in [0.717, 1.165) is 31.6 Å². The molecule has 3 heterocycles. The lowest BCUT2D eigenvalue weighted by atomic mass is 10.1. The molecule has 1 aromatic rings. The number of amides is 2. The van der Waals surface area contributed by atoms with Crippen LogP contribution in [0.1, 0.15) is 48.9 Å². The van der Waals surface area contributed by atoms with E-state index in [9.17, 15) is 9.59 Å². The lowest BCUT2D eigenvalue weighted by molar-refractivity contribution is -0.142. The summed E-state index contributed by atoms with van der Waals surface area (Å²) in [5, 5.41) is 0. The molecule has 7 heteroatoms. The van der Waals surface area contributed by atoms with Crippen molar-refractivity contribution in [2.24, 2.45) is 0 Å². The van der Waals surface area contributed by atoms with Crippen LogP contribution >= 0.6 is 0 Å². The largest absolute Gasteiger partial charge is 0.494 e. The van der Waals surface area contributed by atoms with Crippen LogP contribution in [0, 0.1) is 0 Å². The number of hydrogen-bond acceptors (Lipinski definition) is 5. The molecule has 3 saturated heterocycles. The topological polar surface area (TPSA) is 62.3 Å². The van der Waals surface area contributed by atoms with Crippen molar-refractivity contribution in [3.8, 4) is 5.75 Å². The average Bonchev–Trinajstić information content (AvgIpc) is 3.37. The van der Waals surface area contributed by atoms with Gasteiger partial charge < -0.3 is 24.2 Å². The summed E-state index contributed by atoms with van der Waals surface area (Å²) in [6.07, 6.45) is 6.50. The molecule has 3 aliphatic heterocycles. The summed E-state index contributed by atoms with van der Waals surface area (Å²) in [7, 11) is 0. The van der Waals surface area contributed by atoms with Gasteiger partial charge >= 0.3 is 0 Å². The molecule has 0 aliphatic carbocycles. The van der Waals surface area contributed by atoms with Gasteiger partial charge in [0.1, 0.15) is 11.9 Å². The van der Waals surface area contributed by atoms with E-state index in [1.54, 1.807) is 0 Å². The van der Waals surface area contributed by atoms with Crippen molar-refractivity contribution in [1.29, 1.82) is 0 Å². The number of carbonyl (C=O) groups excluding carboxylic acids is 2. The molecule has 3 aliphatic rings. The van der Waals surface area contributed by atoms with Crippen molar-refractivity contribution < 1.29 is 19.1 Å². The second-order valence-corrected chi connectivity index (χ2v) is 8.75. The number of carbonyl (C=O) groups is 2. The van der Waals surface area contributed by atoms with Crippen LogP contribution in [-0.2, 0) is 9.53 Å². The predicted octanol–water partition coefficient (Wildman–Crippen LogP) is 2.40. The molecule has 7 nitrogen and oxygen atoms in total. The number of nitrogens with zero attached hydrogens (tertiary/aromatic N) is 3. The second kappa shape index (κ2) is 11.0. The average molecular weight is 430 g/mol. The third-order valence-electron chi connectivity index (χ3n) is 6.52. The SMILES string of the molecule is O=C(c1ccc(OCCCN2CCCCC2)cc1)N1CCN(C(=O)C2CCCO2)CC1. The quantitative estimate of drug-likeness (QED) is 0.623. The molecule has 0 spiro atoms. The maximum Gasteiger partial charge on any atom is 0.253 e. The Hall–Kier alpha value is -2.12. The molecule has 1 aromatic carbocycles. The fourth-order valence-electron chi connectivity index (χ4n) is 4.64. The van der Waals surface area contributed by atoms with Crippen molar-refractivity contribution in [1.82, 2.24) is 14.7 Å². The molecule has 0 bridgehead atoms. The molecule has 31 heavy (non-hydrogen) atoms. The van der Waals surface area contributed by atoms with Crippen molar-refractivity contribution in [3.63, 3.8) is 0 Å². The molecule has 3 fully saturated rings. The van der Waals surface area contributed by atoms with Gasteiger partial charge in [-0.3, -0.25) is 9.59 Å². The number of ether oxygens (including phenoxy) is 2. The molecule has 4 rings (SSSR count).